The molecule has 2 aromatic carbocycles. The van der Waals surface area contributed by atoms with E-state index in [1.165, 1.54) is 0 Å². The van der Waals surface area contributed by atoms with Crippen LogP contribution in [-0.2, 0) is 10.8 Å². The fraction of sp³-hybridized carbons (Fsp3) is 0.316. The monoisotopic (exact) mass is 342 g/mol. The summed E-state index contributed by atoms with van der Waals surface area (Å²) in [6.45, 7) is 4.91. The Morgan fingerprint density at radius 1 is 1.08 bits per heavy atom. The minimum absolute atomic E-state index is 0.136. The number of anilines is 1. The van der Waals surface area contributed by atoms with E-state index in [0.717, 1.165) is 16.8 Å². The fourth-order valence-electron chi connectivity index (χ4n) is 2.91. The van der Waals surface area contributed by atoms with E-state index >= 15 is 0 Å². The Labute approximate surface area is 145 Å². The number of carbonyl (C=O) groups is 1. The minimum Gasteiger partial charge on any atom is -0.322 e. The van der Waals surface area contributed by atoms with E-state index in [1.807, 2.05) is 68.4 Å². The Kier molecular flexibility index (Phi) is 4.71. The Morgan fingerprint density at radius 2 is 1.75 bits per heavy atom. The molecule has 1 fully saturated rings. The highest BCUT2D eigenvalue weighted by molar-refractivity contribution is 7.86. The summed E-state index contributed by atoms with van der Waals surface area (Å²) in [5.41, 5.74) is 2.85. The van der Waals surface area contributed by atoms with Crippen LogP contribution < -0.4 is 5.32 Å². The topological polar surface area (TPSA) is 49.4 Å². The van der Waals surface area contributed by atoms with Crippen molar-refractivity contribution in [3.05, 3.63) is 54.6 Å². The maximum atomic E-state index is 12.7. The van der Waals surface area contributed by atoms with Gasteiger partial charge in [-0.3, -0.25) is 4.21 Å². The molecule has 1 aliphatic heterocycles. The molecule has 1 heterocycles. The molecule has 1 aliphatic rings. The lowest BCUT2D eigenvalue weighted by atomic mass is 10.0. The Balaban J connectivity index is 1.80. The first-order valence-corrected chi connectivity index (χ1v) is 9.38. The van der Waals surface area contributed by atoms with E-state index < -0.39 is 10.8 Å². The molecule has 0 radical (unpaired) electrons. The van der Waals surface area contributed by atoms with Crippen molar-refractivity contribution in [2.75, 3.05) is 24.2 Å². The molecule has 126 valence electrons. The molecule has 0 unspecified atom stereocenters. The van der Waals surface area contributed by atoms with Crippen LogP contribution in [0.15, 0.2) is 54.6 Å². The number of benzene rings is 2. The van der Waals surface area contributed by atoms with Crippen molar-refractivity contribution in [3.63, 3.8) is 0 Å². The number of hydrogen-bond acceptors (Lipinski definition) is 2. The predicted molar refractivity (Wildman–Crippen MR) is 99.6 cm³/mol. The van der Waals surface area contributed by atoms with Crippen molar-refractivity contribution in [1.82, 2.24) is 4.90 Å². The van der Waals surface area contributed by atoms with E-state index in [0.29, 0.717) is 18.8 Å². The number of rotatable bonds is 2. The third-order valence-corrected chi connectivity index (χ3v) is 6.19. The standard InChI is InChI=1S/C19H22N2O2S/c1-19(2)14-21(12-13-24(19)23)18(22)20-17-11-7-6-10-16(17)15-8-4-3-5-9-15/h3-11H,12-14H2,1-2H3,(H,20,22)/t24-/m0/s1. The number of nitrogens with zero attached hydrogens (tertiary/aromatic N) is 1. The normalized spacial score (nSPS) is 19.8. The average molecular weight is 342 g/mol. The second-order valence-corrected chi connectivity index (χ2v) is 8.78. The summed E-state index contributed by atoms with van der Waals surface area (Å²) in [5.74, 6) is 0.529. The van der Waals surface area contributed by atoms with Gasteiger partial charge in [-0.05, 0) is 25.5 Å². The van der Waals surface area contributed by atoms with Crippen LogP contribution in [0.25, 0.3) is 11.1 Å². The zero-order valence-corrected chi connectivity index (χ0v) is 14.8. The van der Waals surface area contributed by atoms with Gasteiger partial charge in [0.25, 0.3) is 0 Å². The highest BCUT2D eigenvalue weighted by Crippen LogP contribution is 2.28. The van der Waals surface area contributed by atoms with Crippen molar-refractivity contribution < 1.29 is 9.00 Å². The zero-order chi connectivity index (χ0) is 17.2. The lowest BCUT2D eigenvalue weighted by molar-refractivity contribution is 0.207. The zero-order valence-electron chi connectivity index (χ0n) is 14.0. The molecule has 2 amide bonds. The summed E-state index contributed by atoms with van der Waals surface area (Å²) in [6.07, 6.45) is 0. The van der Waals surface area contributed by atoms with Crippen molar-refractivity contribution in [2.24, 2.45) is 0 Å². The van der Waals surface area contributed by atoms with Crippen LogP contribution in [-0.4, -0.2) is 38.7 Å². The molecule has 0 saturated carbocycles. The van der Waals surface area contributed by atoms with Crippen LogP contribution in [0.2, 0.25) is 0 Å². The molecule has 3 rings (SSSR count). The van der Waals surface area contributed by atoms with Crippen molar-refractivity contribution in [2.45, 2.75) is 18.6 Å². The van der Waals surface area contributed by atoms with Crippen molar-refractivity contribution in [1.29, 1.82) is 0 Å². The van der Waals surface area contributed by atoms with E-state index in [-0.39, 0.29) is 10.8 Å². The molecule has 1 N–H and O–H groups in total. The Bertz CT molecular complexity index is 759. The van der Waals surface area contributed by atoms with Gasteiger partial charge in [0.05, 0.1) is 10.4 Å². The van der Waals surface area contributed by atoms with Crippen molar-refractivity contribution in [3.8, 4) is 11.1 Å². The SMILES string of the molecule is CC1(C)CN(C(=O)Nc2ccccc2-c2ccccc2)CC[S@@]1=O. The first kappa shape index (κ1) is 16.7. The van der Waals surface area contributed by atoms with Gasteiger partial charge in [-0.25, -0.2) is 4.79 Å². The lowest BCUT2D eigenvalue weighted by Crippen LogP contribution is -2.53. The van der Waals surface area contributed by atoms with Crippen LogP contribution in [0.3, 0.4) is 0 Å². The van der Waals surface area contributed by atoms with Crippen LogP contribution in [0.1, 0.15) is 13.8 Å². The van der Waals surface area contributed by atoms with Gasteiger partial charge in [0.2, 0.25) is 0 Å². The number of para-hydroxylation sites is 1. The number of nitrogens with one attached hydrogen (secondary N) is 1. The van der Waals surface area contributed by atoms with Gasteiger partial charge in [0, 0.05) is 35.2 Å². The second kappa shape index (κ2) is 6.77. The van der Waals surface area contributed by atoms with Crippen LogP contribution in [0, 0.1) is 0 Å². The third-order valence-electron chi connectivity index (χ3n) is 4.28. The molecular formula is C19H22N2O2S. The summed E-state index contributed by atoms with van der Waals surface area (Å²) in [7, 11) is -0.890. The van der Waals surface area contributed by atoms with Crippen LogP contribution in [0.4, 0.5) is 10.5 Å². The maximum Gasteiger partial charge on any atom is 0.321 e. The first-order chi connectivity index (χ1) is 11.5. The summed E-state index contributed by atoms with van der Waals surface area (Å²) in [6, 6.07) is 17.6. The molecule has 5 heteroatoms. The van der Waals surface area contributed by atoms with Crippen molar-refractivity contribution >= 4 is 22.5 Å². The van der Waals surface area contributed by atoms with E-state index in [1.54, 1.807) is 4.90 Å². The largest absolute Gasteiger partial charge is 0.322 e. The predicted octanol–water partition coefficient (Wildman–Crippen LogP) is 3.73. The van der Waals surface area contributed by atoms with Gasteiger partial charge in [-0.15, -0.1) is 0 Å². The maximum absolute atomic E-state index is 12.7. The quantitative estimate of drug-likeness (QED) is 0.904. The molecule has 0 aromatic heterocycles. The molecule has 1 saturated heterocycles. The van der Waals surface area contributed by atoms with Gasteiger partial charge in [0.1, 0.15) is 0 Å². The summed E-state index contributed by atoms with van der Waals surface area (Å²) in [5, 5.41) is 3.02. The summed E-state index contributed by atoms with van der Waals surface area (Å²) >= 11 is 0. The molecule has 0 spiro atoms. The van der Waals surface area contributed by atoms with Gasteiger partial charge >= 0.3 is 6.03 Å². The Hall–Kier alpha value is -2.14. The van der Waals surface area contributed by atoms with Gasteiger partial charge < -0.3 is 10.2 Å². The molecule has 1 atom stereocenters. The summed E-state index contributed by atoms with van der Waals surface area (Å²) < 4.78 is 11.7. The third kappa shape index (κ3) is 3.51. The van der Waals surface area contributed by atoms with E-state index in [9.17, 15) is 9.00 Å². The average Bonchev–Trinajstić information content (AvgIpc) is 2.58. The fourth-order valence-corrected chi connectivity index (χ4v) is 4.15. The lowest BCUT2D eigenvalue weighted by Gasteiger charge is -2.37. The summed E-state index contributed by atoms with van der Waals surface area (Å²) in [4.78, 5) is 14.4. The molecule has 0 aliphatic carbocycles. The van der Waals surface area contributed by atoms with E-state index in [2.05, 4.69) is 5.32 Å². The van der Waals surface area contributed by atoms with Gasteiger partial charge in [-0.2, -0.15) is 0 Å². The molecule has 2 aromatic rings. The first-order valence-electron chi connectivity index (χ1n) is 8.06. The minimum atomic E-state index is -0.890. The number of hydrogen-bond donors (Lipinski definition) is 1. The van der Waals surface area contributed by atoms with Crippen LogP contribution >= 0.6 is 0 Å². The smallest absolute Gasteiger partial charge is 0.321 e. The highest BCUT2D eigenvalue weighted by Gasteiger charge is 2.35. The second-order valence-electron chi connectivity index (χ2n) is 6.57. The molecule has 24 heavy (non-hydrogen) atoms. The number of urea groups is 1. The Morgan fingerprint density at radius 3 is 2.46 bits per heavy atom. The van der Waals surface area contributed by atoms with Crippen LogP contribution in [0.5, 0.6) is 0 Å². The number of amides is 2. The van der Waals surface area contributed by atoms with Gasteiger partial charge in [0.15, 0.2) is 0 Å². The molecular weight excluding hydrogens is 320 g/mol. The van der Waals surface area contributed by atoms with Gasteiger partial charge in [-0.1, -0.05) is 48.5 Å². The molecule has 4 nitrogen and oxygen atoms in total. The number of carbonyl (C=O) groups excluding carboxylic acids is 1. The molecule has 0 bridgehead atoms. The van der Waals surface area contributed by atoms with E-state index in [4.69, 9.17) is 0 Å². The highest BCUT2D eigenvalue weighted by atomic mass is 32.2.